The number of hydrogen-bond acceptors (Lipinski definition) is 6. The second kappa shape index (κ2) is 10.4. The van der Waals surface area contributed by atoms with E-state index in [1.54, 1.807) is 37.4 Å². The number of ether oxygens (including phenoxy) is 2. The summed E-state index contributed by atoms with van der Waals surface area (Å²) in [6, 6.07) is 10.7. The van der Waals surface area contributed by atoms with Crippen molar-refractivity contribution in [1.29, 1.82) is 0 Å². The van der Waals surface area contributed by atoms with Crippen LogP contribution in [0.1, 0.15) is 44.5 Å². The molecular formula is C23H23Br2N3O4. The minimum Gasteiger partial charge on any atom is -0.478 e. The topological polar surface area (TPSA) is 82.8 Å². The summed E-state index contributed by atoms with van der Waals surface area (Å²) in [7, 11) is 1.31. The number of carbonyl (C=O) groups is 1. The zero-order valence-electron chi connectivity index (χ0n) is 18.1. The molecule has 0 saturated heterocycles. The van der Waals surface area contributed by atoms with Crippen LogP contribution in [-0.2, 0) is 9.53 Å². The smallest absolute Gasteiger partial charge is 0.346 e. The van der Waals surface area contributed by atoms with Crippen LogP contribution in [0.15, 0.2) is 55.2 Å². The number of aromatic nitrogens is 2. The van der Waals surface area contributed by atoms with E-state index in [1.807, 2.05) is 26.0 Å². The molecule has 0 aliphatic rings. The Morgan fingerprint density at radius 2 is 1.97 bits per heavy atom. The molecule has 0 radical (unpaired) electrons. The van der Waals surface area contributed by atoms with E-state index in [1.165, 1.54) is 11.8 Å². The zero-order valence-corrected chi connectivity index (χ0v) is 21.3. The van der Waals surface area contributed by atoms with Gasteiger partial charge in [-0.1, -0.05) is 29.8 Å². The maximum Gasteiger partial charge on any atom is 0.346 e. The molecule has 3 rings (SSSR count). The van der Waals surface area contributed by atoms with Crippen LogP contribution in [0.5, 0.6) is 5.75 Å². The van der Waals surface area contributed by atoms with Crippen molar-refractivity contribution in [2.45, 2.75) is 39.2 Å². The number of carbonyl (C=O) groups excluding carboxylic acids is 1. The van der Waals surface area contributed by atoms with Crippen LogP contribution in [0.4, 0.5) is 0 Å². The Bertz CT molecular complexity index is 1240. The highest BCUT2D eigenvalue weighted by Crippen LogP contribution is 2.27. The van der Waals surface area contributed by atoms with Crippen molar-refractivity contribution in [3.63, 3.8) is 0 Å². The van der Waals surface area contributed by atoms with E-state index in [9.17, 15) is 9.59 Å². The van der Waals surface area contributed by atoms with Crippen LogP contribution in [0, 0.1) is 0 Å². The molecule has 2 aromatic carbocycles. The molecule has 3 aromatic rings. The number of fused-ring (bicyclic) bond motifs is 1. The highest BCUT2D eigenvalue weighted by Gasteiger charge is 2.17. The molecule has 9 heteroatoms. The third-order valence-electron chi connectivity index (χ3n) is 5.00. The first-order valence-corrected chi connectivity index (χ1v) is 11.6. The van der Waals surface area contributed by atoms with E-state index in [2.05, 4.69) is 41.7 Å². The average molecular weight is 565 g/mol. The Labute approximate surface area is 202 Å². The van der Waals surface area contributed by atoms with Gasteiger partial charge in [0.1, 0.15) is 11.6 Å². The maximum atomic E-state index is 13.2. The summed E-state index contributed by atoms with van der Waals surface area (Å²) in [5.41, 5.74) is 1.16. The first kappa shape index (κ1) is 24.1. The van der Waals surface area contributed by atoms with E-state index in [0.717, 1.165) is 16.5 Å². The summed E-state index contributed by atoms with van der Waals surface area (Å²) in [5, 5.41) is 4.95. The van der Waals surface area contributed by atoms with Gasteiger partial charge in [0.05, 0.1) is 28.7 Å². The molecule has 0 N–H and O–H groups in total. The van der Waals surface area contributed by atoms with E-state index in [-0.39, 0.29) is 11.5 Å². The molecule has 0 saturated carbocycles. The summed E-state index contributed by atoms with van der Waals surface area (Å²) in [6.07, 6.45) is 1.67. The highest BCUT2D eigenvalue weighted by molar-refractivity contribution is 9.10. The molecule has 0 fully saturated rings. The lowest BCUT2D eigenvalue weighted by Crippen LogP contribution is -2.25. The lowest BCUT2D eigenvalue weighted by Gasteiger charge is -2.14. The fraction of sp³-hybridized carbons (Fsp3) is 0.304. The molecule has 0 aliphatic carbocycles. The monoisotopic (exact) mass is 563 g/mol. The first-order chi connectivity index (χ1) is 15.2. The van der Waals surface area contributed by atoms with Crippen molar-refractivity contribution in [3.8, 4) is 5.75 Å². The van der Waals surface area contributed by atoms with Gasteiger partial charge in [-0.25, -0.2) is 9.78 Å². The van der Waals surface area contributed by atoms with Crippen molar-refractivity contribution >= 4 is 54.9 Å². The van der Waals surface area contributed by atoms with E-state index in [0.29, 0.717) is 26.9 Å². The largest absolute Gasteiger partial charge is 0.478 e. The van der Waals surface area contributed by atoms with Gasteiger partial charge in [-0.05, 0) is 71.2 Å². The lowest BCUT2D eigenvalue weighted by molar-refractivity contribution is -0.147. The van der Waals surface area contributed by atoms with Crippen LogP contribution in [0.3, 0.4) is 0 Å². The van der Waals surface area contributed by atoms with E-state index >= 15 is 0 Å². The van der Waals surface area contributed by atoms with Crippen molar-refractivity contribution in [2.24, 2.45) is 5.10 Å². The van der Waals surface area contributed by atoms with Gasteiger partial charge in [0.2, 0.25) is 0 Å². The number of benzene rings is 2. The number of nitrogens with zero attached hydrogens (tertiary/aromatic N) is 3. The number of rotatable bonds is 7. The number of halogens is 2. The quantitative estimate of drug-likeness (QED) is 0.289. The van der Waals surface area contributed by atoms with Gasteiger partial charge in [0.25, 0.3) is 5.56 Å². The predicted octanol–water partition coefficient (Wildman–Crippen LogP) is 5.26. The van der Waals surface area contributed by atoms with Gasteiger partial charge >= 0.3 is 5.97 Å². The number of hydrogen-bond donors (Lipinski definition) is 0. The SMILES string of the molecule is CC[C@H](C)c1nc2ccc(Br)cc2c(=O)n1N=Cc1ccc(O[C@@H](C)C(=O)OC)c(Br)c1. The van der Waals surface area contributed by atoms with Gasteiger partial charge in [-0.2, -0.15) is 9.78 Å². The fourth-order valence-corrected chi connectivity index (χ4v) is 3.85. The highest BCUT2D eigenvalue weighted by atomic mass is 79.9. The Morgan fingerprint density at radius 3 is 2.62 bits per heavy atom. The Kier molecular flexibility index (Phi) is 7.84. The molecule has 0 bridgehead atoms. The van der Waals surface area contributed by atoms with Crippen molar-refractivity contribution < 1.29 is 14.3 Å². The fourth-order valence-electron chi connectivity index (χ4n) is 3.00. The van der Waals surface area contributed by atoms with Crippen LogP contribution in [-0.4, -0.2) is 35.1 Å². The molecule has 0 aliphatic heterocycles. The Morgan fingerprint density at radius 1 is 1.22 bits per heavy atom. The third kappa shape index (κ3) is 5.27. The van der Waals surface area contributed by atoms with Gasteiger partial charge in [-0.15, -0.1) is 0 Å². The summed E-state index contributed by atoms with van der Waals surface area (Å²) in [6.45, 7) is 5.67. The van der Waals surface area contributed by atoms with Gasteiger partial charge < -0.3 is 9.47 Å². The van der Waals surface area contributed by atoms with E-state index < -0.39 is 12.1 Å². The van der Waals surface area contributed by atoms with E-state index in [4.69, 9.17) is 9.72 Å². The first-order valence-electron chi connectivity index (χ1n) is 10.1. The second-order valence-corrected chi connectivity index (χ2v) is 9.05. The molecule has 0 unspecified atom stereocenters. The summed E-state index contributed by atoms with van der Waals surface area (Å²) >= 11 is 6.86. The van der Waals surface area contributed by atoms with Gasteiger partial charge in [0, 0.05) is 10.4 Å². The predicted molar refractivity (Wildman–Crippen MR) is 132 cm³/mol. The van der Waals surface area contributed by atoms with Crippen LogP contribution in [0.2, 0.25) is 0 Å². The molecule has 7 nitrogen and oxygen atoms in total. The average Bonchev–Trinajstić information content (AvgIpc) is 2.79. The minimum absolute atomic E-state index is 0.0511. The molecule has 1 aromatic heterocycles. The molecule has 1 heterocycles. The summed E-state index contributed by atoms with van der Waals surface area (Å²) in [5.74, 6) is 0.689. The summed E-state index contributed by atoms with van der Waals surface area (Å²) in [4.78, 5) is 29.5. The normalized spacial score (nSPS) is 13.3. The molecule has 0 amide bonds. The summed E-state index contributed by atoms with van der Waals surface area (Å²) < 4.78 is 13.1. The van der Waals surface area contributed by atoms with Crippen LogP contribution < -0.4 is 10.3 Å². The lowest BCUT2D eigenvalue weighted by atomic mass is 10.1. The molecule has 0 spiro atoms. The van der Waals surface area contributed by atoms with Crippen LogP contribution in [0.25, 0.3) is 10.9 Å². The molecular weight excluding hydrogens is 542 g/mol. The molecule has 2 atom stereocenters. The number of methoxy groups -OCH3 is 1. The molecule has 32 heavy (non-hydrogen) atoms. The standard InChI is InChI=1S/C23H23Br2N3O4/c1-5-13(2)21-27-19-8-7-16(24)11-17(19)22(29)28(21)26-12-15-6-9-20(18(25)10-15)32-14(3)23(30)31-4/h6-14H,5H2,1-4H3/t13-,14-/m0/s1. The van der Waals surface area contributed by atoms with Gasteiger partial charge in [0.15, 0.2) is 6.10 Å². The molecule has 168 valence electrons. The number of esters is 1. The van der Waals surface area contributed by atoms with Crippen molar-refractivity contribution in [3.05, 3.63) is 67.1 Å². The van der Waals surface area contributed by atoms with Crippen molar-refractivity contribution in [1.82, 2.24) is 9.66 Å². The van der Waals surface area contributed by atoms with Crippen LogP contribution >= 0.6 is 31.9 Å². The minimum atomic E-state index is -0.740. The zero-order chi connectivity index (χ0) is 23.4. The van der Waals surface area contributed by atoms with Gasteiger partial charge in [-0.3, -0.25) is 4.79 Å². The maximum absolute atomic E-state index is 13.2. The van der Waals surface area contributed by atoms with Crippen molar-refractivity contribution in [2.75, 3.05) is 7.11 Å². The third-order valence-corrected chi connectivity index (χ3v) is 6.11. The Balaban J connectivity index is 1.99. The second-order valence-electron chi connectivity index (χ2n) is 7.28. The Hall–Kier alpha value is -2.52.